The minimum Gasteiger partial charge on any atom is -0.465 e. The van der Waals surface area contributed by atoms with Gasteiger partial charge in [0.15, 0.2) is 5.78 Å². The molecule has 0 saturated heterocycles. The lowest BCUT2D eigenvalue weighted by molar-refractivity contribution is -0.176. The standard InChI is InChI=1S/C16H25IO3/c1-4-20-14(19)16(7-5-9-17)8-6-12-11(13(16)18)10-15(12,2)3/h11-12H,4-10H2,1-3H3/t11-,12-,16?/m1/s1. The molecule has 0 heterocycles. The molecule has 20 heavy (non-hydrogen) atoms. The molecule has 2 saturated carbocycles. The molecule has 0 amide bonds. The summed E-state index contributed by atoms with van der Waals surface area (Å²) in [5, 5.41) is 0. The van der Waals surface area contributed by atoms with Crippen molar-refractivity contribution >= 4 is 34.3 Å². The highest BCUT2D eigenvalue weighted by Crippen LogP contribution is 2.60. The van der Waals surface area contributed by atoms with E-state index in [1.54, 1.807) is 0 Å². The number of esters is 1. The first-order valence-corrected chi connectivity index (χ1v) is 9.19. The van der Waals surface area contributed by atoms with Gasteiger partial charge in [-0.2, -0.15) is 0 Å². The number of rotatable bonds is 5. The first-order chi connectivity index (χ1) is 9.39. The quantitative estimate of drug-likeness (QED) is 0.310. The van der Waals surface area contributed by atoms with E-state index < -0.39 is 5.41 Å². The van der Waals surface area contributed by atoms with Crippen LogP contribution in [0.25, 0.3) is 0 Å². The summed E-state index contributed by atoms with van der Waals surface area (Å²) in [5.41, 5.74) is -0.566. The van der Waals surface area contributed by atoms with E-state index in [1.165, 1.54) is 0 Å². The average Bonchev–Trinajstić information content (AvgIpc) is 2.39. The smallest absolute Gasteiger partial charge is 0.319 e. The second kappa shape index (κ2) is 5.93. The van der Waals surface area contributed by atoms with E-state index in [2.05, 4.69) is 36.4 Å². The molecule has 0 bridgehead atoms. The largest absolute Gasteiger partial charge is 0.465 e. The van der Waals surface area contributed by atoms with Crippen LogP contribution in [0.3, 0.4) is 0 Å². The van der Waals surface area contributed by atoms with E-state index in [-0.39, 0.29) is 23.1 Å². The third-order valence-electron chi connectivity index (χ3n) is 5.33. The van der Waals surface area contributed by atoms with Crippen molar-refractivity contribution in [2.45, 2.75) is 52.9 Å². The van der Waals surface area contributed by atoms with Gasteiger partial charge in [0.2, 0.25) is 0 Å². The summed E-state index contributed by atoms with van der Waals surface area (Å²) in [5.74, 6) is 0.476. The molecule has 0 radical (unpaired) electrons. The van der Waals surface area contributed by atoms with E-state index >= 15 is 0 Å². The van der Waals surface area contributed by atoms with E-state index in [0.29, 0.717) is 25.4 Å². The van der Waals surface area contributed by atoms with Crippen LogP contribution in [-0.4, -0.2) is 22.8 Å². The molecule has 0 aromatic rings. The first kappa shape index (κ1) is 16.2. The highest BCUT2D eigenvalue weighted by molar-refractivity contribution is 14.1. The number of alkyl halides is 1. The Labute approximate surface area is 135 Å². The Morgan fingerprint density at radius 1 is 1.45 bits per heavy atom. The fourth-order valence-corrected chi connectivity index (χ4v) is 4.56. The summed E-state index contributed by atoms with van der Waals surface area (Å²) in [6.45, 7) is 6.65. The normalized spacial score (nSPS) is 35.1. The second-order valence-electron chi connectivity index (χ2n) is 6.90. The first-order valence-electron chi connectivity index (χ1n) is 7.66. The number of hydrogen-bond donors (Lipinski definition) is 0. The Bertz CT molecular complexity index is 405. The van der Waals surface area contributed by atoms with Crippen LogP contribution in [-0.2, 0) is 14.3 Å². The maximum absolute atomic E-state index is 12.9. The summed E-state index contributed by atoms with van der Waals surface area (Å²) in [6.07, 6.45) is 4.18. The van der Waals surface area contributed by atoms with Crippen molar-refractivity contribution in [1.29, 1.82) is 0 Å². The number of fused-ring (bicyclic) bond motifs is 1. The number of carbonyl (C=O) groups is 2. The number of ether oxygens (including phenoxy) is 1. The molecular formula is C16H25IO3. The van der Waals surface area contributed by atoms with Gasteiger partial charge in [-0.1, -0.05) is 36.4 Å². The molecule has 4 heteroatoms. The lowest BCUT2D eigenvalue weighted by Crippen LogP contribution is -2.58. The third kappa shape index (κ3) is 2.53. The number of halogens is 1. The Hall–Kier alpha value is -0.130. The van der Waals surface area contributed by atoms with Gasteiger partial charge in [0, 0.05) is 5.92 Å². The van der Waals surface area contributed by atoms with Gasteiger partial charge in [0.1, 0.15) is 5.41 Å². The van der Waals surface area contributed by atoms with Crippen molar-refractivity contribution in [3.05, 3.63) is 0 Å². The topological polar surface area (TPSA) is 43.4 Å². The Morgan fingerprint density at radius 2 is 2.15 bits per heavy atom. The van der Waals surface area contributed by atoms with E-state index in [4.69, 9.17) is 4.74 Å². The molecule has 2 rings (SSSR count). The van der Waals surface area contributed by atoms with Crippen molar-refractivity contribution in [3.63, 3.8) is 0 Å². The zero-order valence-corrected chi connectivity index (χ0v) is 14.9. The maximum Gasteiger partial charge on any atom is 0.319 e. The summed E-state index contributed by atoms with van der Waals surface area (Å²) >= 11 is 2.31. The molecule has 0 N–H and O–H groups in total. The predicted molar refractivity (Wildman–Crippen MR) is 86.8 cm³/mol. The van der Waals surface area contributed by atoms with Gasteiger partial charge >= 0.3 is 5.97 Å². The number of carbonyl (C=O) groups excluding carboxylic acids is 2. The Morgan fingerprint density at radius 3 is 2.70 bits per heavy atom. The van der Waals surface area contributed by atoms with Gasteiger partial charge in [-0.3, -0.25) is 9.59 Å². The summed E-state index contributed by atoms with van der Waals surface area (Å²) in [4.78, 5) is 25.3. The minimum atomic E-state index is -0.834. The molecule has 3 atom stereocenters. The Balaban J connectivity index is 2.20. The molecule has 2 fully saturated rings. The zero-order chi connectivity index (χ0) is 15.0. The summed E-state index contributed by atoms with van der Waals surface area (Å²) in [7, 11) is 0. The summed E-state index contributed by atoms with van der Waals surface area (Å²) in [6, 6.07) is 0. The molecule has 0 aliphatic heterocycles. The van der Waals surface area contributed by atoms with Gasteiger partial charge in [-0.05, 0) is 54.8 Å². The molecule has 2 aliphatic carbocycles. The molecule has 1 unspecified atom stereocenters. The van der Waals surface area contributed by atoms with Crippen LogP contribution in [0.4, 0.5) is 0 Å². The highest BCUT2D eigenvalue weighted by atomic mass is 127. The van der Waals surface area contributed by atoms with Crippen LogP contribution in [0.5, 0.6) is 0 Å². The fraction of sp³-hybridized carbons (Fsp3) is 0.875. The molecular weight excluding hydrogens is 367 g/mol. The average molecular weight is 392 g/mol. The van der Waals surface area contributed by atoms with Crippen LogP contribution in [0, 0.1) is 22.7 Å². The van der Waals surface area contributed by atoms with E-state index in [1.807, 2.05) is 6.92 Å². The fourth-order valence-electron chi connectivity index (χ4n) is 4.18. The second-order valence-corrected chi connectivity index (χ2v) is 7.98. The third-order valence-corrected chi connectivity index (χ3v) is 6.09. The molecule has 0 aromatic carbocycles. The lowest BCUT2D eigenvalue weighted by Gasteiger charge is -2.56. The Kier molecular flexibility index (Phi) is 4.82. The number of Topliss-reactive ketones (excluding diaryl/α,β-unsaturated/α-hetero) is 1. The molecule has 3 nitrogen and oxygen atoms in total. The molecule has 0 aromatic heterocycles. The van der Waals surface area contributed by atoms with Crippen LogP contribution >= 0.6 is 22.6 Å². The van der Waals surface area contributed by atoms with Crippen LogP contribution in [0.1, 0.15) is 52.9 Å². The van der Waals surface area contributed by atoms with Crippen LogP contribution in [0.15, 0.2) is 0 Å². The van der Waals surface area contributed by atoms with Gasteiger partial charge in [-0.25, -0.2) is 0 Å². The molecule has 114 valence electrons. The zero-order valence-electron chi connectivity index (χ0n) is 12.7. The van der Waals surface area contributed by atoms with Gasteiger partial charge in [0.25, 0.3) is 0 Å². The van der Waals surface area contributed by atoms with Crippen LogP contribution < -0.4 is 0 Å². The van der Waals surface area contributed by atoms with Crippen molar-refractivity contribution < 1.29 is 14.3 Å². The molecule has 0 spiro atoms. The number of ketones is 1. The SMILES string of the molecule is CCOC(=O)C1(CCCI)CC[C@@H]2[C@@H](CC2(C)C)C1=O. The van der Waals surface area contributed by atoms with Gasteiger partial charge in [-0.15, -0.1) is 0 Å². The monoisotopic (exact) mass is 392 g/mol. The molecule has 2 aliphatic rings. The maximum atomic E-state index is 12.9. The number of hydrogen-bond acceptors (Lipinski definition) is 3. The highest BCUT2D eigenvalue weighted by Gasteiger charge is 2.61. The van der Waals surface area contributed by atoms with E-state index in [0.717, 1.165) is 23.7 Å². The predicted octanol–water partition coefficient (Wildman–Crippen LogP) is 3.78. The van der Waals surface area contributed by atoms with Crippen LogP contribution in [0.2, 0.25) is 0 Å². The van der Waals surface area contributed by atoms with Crippen molar-refractivity contribution in [3.8, 4) is 0 Å². The minimum absolute atomic E-state index is 0.0948. The van der Waals surface area contributed by atoms with Crippen molar-refractivity contribution in [2.24, 2.45) is 22.7 Å². The van der Waals surface area contributed by atoms with Gasteiger partial charge in [0.05, 0.1) is 6.61 Å². The van der Waals surface area contributed by atoms with Crippen molar-refractivity contribution in [2.75, 3.05) is 11.0 Å². The van der Waals surface area contributed by atoms with Crippen molar-refractivity contribution in [1.82, 2.24) is 0 Å². The van der Waals surface area contributed by atoms with E-state index in [9.17, 15) is 9.59 Å². The lowest BCUT2D eigenvalue weighted by atomic mass is 9.46. The summed E-state index contributed by atoms with van der Waals surface area (Å²) < 4.78 is 6.23. The van der Waals surface area contributed by atoms with Gasteiger partial charge < -0.3 is 4.74 Å².